The summed E-state index contributed by atoms with van der Waals surface area (Å²) in [5, 5.41) is 4.72. The van der Waals surface area contributed by atoms with Crippen LogP contribution in [0.2, 0.25) is 0 Å². The molecule has 1 N–H and O–H groups in total. The van der Waals surface area contributed by atoms with Crippen molar-refractivity contribution in [1.82, 2.24) is 4.31 Å². The Morgan fingerprint density at radius 3 is 2.48 bits per heavy atom. The van der Waals surface area contributed by atoms with Gasteiger partial charge < -0.3 is 5.32 Å². The van der Waals surface area contributed by atoms with E-state index in [1.807, 2.05) is 54.6 Å². The number of nitrogens with zero attached hydrogens (tertiary/aromatic N) is 1. The molecule has 3 aromatic rings. The highest BCUT2D eigenvalue weighted by molar-refractivity contribution is 7.89. The third kappa shape index (κ3) is 3.91. The Hall–Kier alpha value is -2.70. The third-order valence-corrected chi connectivity index (χ3v) is 7.37. The van der Waals surface area contributed by atoms with E-state index in [1.54, 1.807) is 12.1 Å². The molecule has 1 amide bonds. The molecule has 5 nitrogen and oxygen atoms in total. The number of anilines is 1. The normalized spacial score (nSPS) is 17.5. The Morgan fingerprint density at radius 2 is 1.76 bits per heavy atom. The van der Waals surface area contributed by atoms with E-state index >= 15 is 0 Å². The summed E-state index contributed by atoms with van der Waals surface area (Å²) in [6.07, 6.45) is 2.11. The molecule has 3 aromatic carbocycles. The van der Waals surface area contributed by atoms with E-state index in [4.69, 9.17) is 0 Å². The Morgan fingerprint density at radius 1 is 1.03 bits per heavy atom. The quantitative estimate of drug-likeness (QED) is 0.688. The highest BCUT2D eigenvalue weighted by atomic mass is 32.2. The summed E-state index contributed by atoms with van der Waals surface area (Å²) in [6.45, 7) is 2.42. The molecular formula is C23H24N2O3S. The van der Waals surface area contributed by atoms with Gasteiger partial charge in [0.05, 0.1) is 4.90 Å². The fourth-order valence-electron chi connectivity index (χ4n) is 3.80. The number of carbonyl (C=O) groups excluding carboxylic acids is 1. The third-order valence-electron chi connectivity index (χ3n) is 5.46. The Balaban J connectivity index is 1.57. The molecule has 1 atom stereocenters. The number of hydrogen-bond donors (Lipinski definition) is 1. The van der Waals surface area contributed by atoms with E-state index < -0.39 is 16.1 Å². The van der Waals surface area contributed by atoms with Gasteiger partial charge in [0.1, 0.15) is 6.04 Å². The lowest BCUT2D eigenvalue weighted by atomic mass is 10.1. The zero-order chi connectivity index (χ0) is 20.4. The van der Waals surface area contributed by atoms with Gasteiger partial charge in [-0.2, -0.15) is 4.31 Å². The summed E-state index contributed by atoms with van der Waals surface area (Å²) in [6, 6.07) is 19.7. The largest absolute Gasteiger partial charge is 0.325 e. The SMILES string of the molecule is CCc1ccc(NC(=O)[C@@H]2CCCN2S(=O)(=O)c2ccc3ccccc3c2)cc1. The van der Waals surface area contributed by atoms with Gasteiger partial charge in [-0.1, -0.05) is 49.4 Å². The second kappa shape index (κ2) is 7.97. The lowest BCUT2D eigenvalue weighted by Crippen LogP contribution is -2.43. The van der Waals surface area contributed by atoms with Crippen LogP contribution in [0.4, 0.5) is 5.69 Å². The van der Waals surface area contributed by atoms with Crippen LogP contribution >= 0.6 is 0 Å². The fourth-order valence-corrected chi connectivity index (χ4v) is 5.49. The molecule has 1 aliphatic heterocycles. The molecule has 6 heteroatoms. The standard InChI is InChI=1S/C23H24N2O3S/c1-2-17-9-12-20(13-10-17)24-23(26)22-8-5-15-25(22)29(27,28)21-14-11-18-6-3-4-7-19(18)16-21/h3-4,6-7,9-14,16,22H,2,5,8,15H2,1H3,(H,24,26)/t22-/m0/s1. The number of amides is 1. The summed E-state index contributed by atoms with van der Waals surface area (Å²) in [7, 11) is -3.75. The summed E-state index contributed by atoms with van der Waals surface area (Å²) in [5.41, 5.74) is 1.87. The topological polar surface area (TPSA) is 66.5 Å². The highest BCUT2D eigenvalue weighted by Crippen LogP contribution is 2.29. The predicted octanol–water partition coefficient (Wildman–Crippen LogP) is 4.19. The maximum absolute atomic E-state index is 13.3. The number of rotatable bonds is 5. The van der Waals surface area contributed by atoms with Gasteiger partial charge in [-0.3, -0.25) is 4.79 Å². The molecular weight excluding hydrogens is 384 g/mol. The van der Waals surface area contributed by atoms with Crippen LogP contribution in [0.3, 0.4) is 0 Å². The molecule has 1 heterocycles. The van der Waals surface area contributed by atoms with Crippen LogP contribution in [0.25, 0.3) is 10.8 Å². The molecule has 0 bridgehead atoms. The van der Waals surface area contributed by atoms with Gasteiger partial charge in [0.25, 0.3) is 0 Å². The minimum Gasteiger partial charge on any atom is -0.325 e. The minimum absolute atomic E-state index is 0.225. The van der Waals surface area contributed by atoms with Gasteiger partial charge >= 0.3 is 0 Å². The van der Waals surface area contributed by atoms with E-state index in [9.17, 15) is 13.2 Å². The van der Waals surface area contributed by atoms with E-state index in [0.717, 1.165) is 17.2 Å². The van der Waals surface area contributed by atoms with Gasteiger partial charge in [0.2, 0.25) is 15.9 Å². The van der Waals surface area contributed by atoms with Crippen LogP contribution in [0.1, 0.15) is 25.3 Å². The number of nitrogens with one attached hydrogen (secondary N) is 1. The number of fused-ring (bicyclic) bond motifs is 1. The molecule has 150 valence electrons. The van der Waals surface area contributed by atoms with Crippen molar-refractivity contribution in [2.45, 2.75) is 37.1 Å². The highest BCUT2D eigenvalue weighted by Gasteiger charge is 2.39. The zero-order valence-corrected chi connectivity index (χ0v) is 17.2. The number of benzene rings is 3. The maximum atomic E-state index is 13.3. The van der Waals surface area contributed by atoms with E-state index in [2.05, 4.69) is 12.2 Å². The van der Waals surface area contributed by atoms with Gasteiger partial charge in [-0.05, 0) is 59.9 Å². The Labute approximate surface area is 171 Å². The molecule has 1 aliphatic rings. The maximum Gasteiger partial charge on any atom is 0.243 e. The molecule has 1 saturated heterocycles. The summed E-state index contributed by atoms with van der Waals surface area (Å²) >= 11 is 0. The van der Waals surface area contributed by atoms with Gasteiger partial charge in [0.15, 0.2) is 0 Å². The molecule has 0 aromatic heterocycles. The smallest absolute Gasteiger partial charge is 0.243 e. The lowest BCUT2D eigenvalue weighted by Gasteiger charge is -2.23. The summed E-state index contributed by atoms with van der Waals surface area (Å²) < 4.78 is 27.9. The lowest BCUT2D eigenvalue weighted by molar-refractivity contribution is -0.119. The first-order chi connectivity index (χ1) is 14.0. The van der Waals surface area contributed by atoms with Crippen LogP contribution in [-0.2, 0) is 21.2 Å². The van der Waals surface area contributed by atoms with Gasteiger partial charge in [-0.15, -0.1) is 0 Å². The Bertz CT molecular complexity index is 1140. The van der Waals surface area contributed by atoms with Gasteiger partial charge in [0, 0.05) is 12.2 Å². The molecule has 0 spiro atoms. The van der Waals surface area contributed by atoms with Crippen molar-refractivity contribution in [3.05, 3.63) is 72.3 Å². The molecule has 4 rings (SSSR count). The molecule has 0 saturated carbocycles. The number of hydrogen-bond acceptors (Lipinski definition) is 3. The first-order valence-electron chi connectivity index (χ1n) is 9.89. The molecule has 0 radical (unpaired) electrons. The van der Waals surface area contributed by atoms with Crippen molar-refractivity contribution in [3.63, 3.8) is 0 Å². The predicted molar refractivity (Wildman–Crippen MR) is 115 cm³/mol. The van der Waals surface area contributed by atoms with Crippen molar-refractivity contribution in [2.75, 3.05) is 11.9 Å². The summed E-state index contributed by atoms with van der Waals surface area (Å²) in [4.78, 5) is 13.1. The second-order valence-electron chi connectivity index (χ2n) is 7.32. The van der Waals surface area contributed by atoms with E-state index in [-0.39, 0.29) is 10.8 Å². The second-order valence-corrected chi connectivity index (χ2v) is 9.21. The van der Waals surface area contributed by atoms with Crippen LogP contribution in [0, 0.1) is 0 Å². The first-order valence-corrected chi connectivity index (χ1v) is 11.3. The Kier molecular flexibility index (Phi) is 5.39. The first kappa shape index (κ1) is 19.6. The molecule has 1 fully saturated rings. The van der Waals surface area contributed by atoms with E-state index in [1.165, 1.54) is 9.87 Å². The molecule has 0 aliphatic carbocycles. The average molecular weight is 409 g/mol. The van der Waals surface area contributed by atoms with Crippen molar-refractivity contribution in [3.8, 4) is 0 Å². The number of aryl methyl sites for hydroxylation is 1. The van der Waals surface area contributed by atoms with Crippen LogP contribution < -0.4 is 5.32 Å². The average Bonchev–Trinajstić information content (AvgIpc) is 3.25. The monoisotopic (exact) mass is 408 g/mol. The van der Waals surface area contributed by atoms with Crippen LogP contribution in [0.15, 0.2) is 71.6 Å². The fraction of sp³-hybridized carbons (Fsp3) is 0.261. The number of carbonyl (C=O) groups is 1. The molecule has 0 unspecified atom stereocenters. The number of sulfonamides is 1. The van der Waals surface area contributed by atoms with E-state index in [0.29, 0.717) is 25.1 Å². The van der Waals surface area contributed by atoms with Crippen molar-refractivity contribution in [2.24, 2.45) is 0 Å². The van der Waals surface area contributed by atoms with Crippen molar-refractivity contribution < 1.29 is 13.2 Å². The molecule has 29 heavy (non-hydrogen) atoms. The van der Waals surface area contributed by atoms with Crippen molar-refractivity contribution >= 4 is 32.4 Å². The zero-order valence-electron chi connectivity index (χ0n) is 16.3. The van der Waals surface area contributed by atoms with Crippen LogP contribution in [-0.4, -0.2) is 31.2 Å². The minimum atomic E-state index is -3.75. The van der Waals surface area contributed by atoms with Crippen molar-refractivity contribution in [1.29, 1.82) is 0 Å². The van der Waals surface area contributed by atoms with Crippen LogP contribution in [0.5, 0.6) is 0 Å². The van der Waals surface area contributed by atoms with Gasteiger partial charge in [-0.25, -0.2) is 8.42 Å². The summed E-state index contributed by atoms with van der Waals surface area (Å²) in [5.74, 6) is -0.281.